The predicted molar refractivity (Wildman–Crippen MR) is 84.1 cm³/mol. The number of halogens is 2. The molecule has 1 heterocycles. The van der Waals surface area contributed by atoms with Gasteiger partial charge in [-0.2, -0.15) is 0 Å². The highest BCUT2D eigenvalue weighted by Crippen LogP contribution is 2.26. The van der Waals surface area contributed by atoms with Gasteiger partial charge >= 0.3 is 0 Å². The molecule has 0 unspecified atom stereocenters. The van der Waals surface area contributed by atoms with Gasteiger partial charge in [0.25, 0.3) is 5.91 Å². The number of carbonyl (C=O) groups is 1. The number of rotatable bonds is 2. The summed E-state index contributed by atoms with van der Waals surface area (Å²) >= 11 is 11.8. The van der Waals surface area contributed by atoms with Gasteiger partial charge in [-0.1, -0.05) is 41.4 Å². The molecule has 0 saturated carbocycles. The summed E-state index contributed by atoms with van der Waals surface area (Å²) in [4.78, 5) is 12.6. The van der Waals surface area contributed by atoms with Crippen LogP contribution >= 0.6 is 23.2 Å². The van der Waals surface area contributed by atoms with Crippen LogP contribution in [0.5, 0.6) is 0 Å². The van der Waals surface area contributed by atoms with Crippen molar-refractivity contribution in [3.8, 4) is 0 Å². The number of carbonyl (C=O) groups excluding carboxylic acids is 1. The lowest BCUT2D eigenvalue weighted by molar-refractivity contribution is 0.0964. The van der Waals surface area contributed by atoms with E-state index in [2.05, 4.69) is 0 Å². The topological polar surface area (TPSA) is 42.2 Å². The maximum atomic E-state index is 12.6. The van der Waals surface area contributed by atoms with Crippen LogP contribution in [0.15, 0.2) is 48.7 Å². The lowest BCUT2D eigenvalue weighted by Crippen LogP contribution is -2.10. The van der Waals surface area contributed by atoms with E-state index in [1.54, 1.807) is 24.4 Å². The molecule has 3 nitrogen and oxygen atoms in total. The Balaban J connectivity index is 2.15. The summed E-state index contributed by atoms with van der Waals surface area (Å²) in [5.41, 5.74) is 1.89. The highest BCUT2D eigenvalue weighted by molar-refractivity contribution is 6.42. The Morgan fingerprint density at radius 3 is 2.57 bits per heavy atom. The summed E-state index contributed by atoms with van der Waals surface area (Å²) in [6, 6.07) is 12.2. The van der Waals surface area contributed by atoms with Gasteiger partial charge in [-0.3, -0.25) is 9.36 Å². The Morgan fingerprint density at radius 2 is 1.86 bits per heavy atom. The van der Waals surface area contributed by atoms with Gasteiger partial charge in [-0.05, 0) is 24.3 Å². The van der Waals surface area contributed by atoms with E-state index < -0.39 is 0 Å². The average molecular weight is 320 g/mol. The molecule has 1 aromatic heterocycles. The van der Waals surface area contributed by atoms with Crippen LogP contribution in [0, 0.1) is 0 Å². The fourth-order valence-electron chi connectivity index (χ4n) is 2.31. The summed E-state index contributed by atoms with van der Waals surface area (Å²) < 4.78 is 1.51. The number of para-hydroxylation sites is 1. The van der Waals surface area contributed by atoms with Crippen molar-refractivity contribution < 1.29 is 9.90 Å². The van der Waals surface area contributed by atoms with E-state index in [0.29, 0.717) is 21.2 Å². The van der Waals surface area contributed by atoms with Crippen LogP contribution in [0.2, 0.25) is 10.0 Å². The quantitative estimate of drug-likeness (QED) is 0.771. The van der Waals surface area contributed by atoms with Crippen molar-refractivity contribution in [1.29, 1.82) is 0 Å². The largest absolute Gasteiger partial charge is 0.392 e. The lowest BCUT2D eigenvalue weighted by atomic mass is 10.2. The molecule has 2 aromatic carbocycles. The Morgan fingerprint density at radius 1 is 1.10 bits per heavy atom. The molecular formula is C16H11Cl2NO2. The first kappa shape index (κ1) is 14.1. The maximum Gasteiger partial charge on any atom is 0.262 e. The second kappa shape index (κ2) is 5.53. The summed E-state index contributed by atoms with van der Waals surface area (Å²) in [5, 5.41) is 11.0. The van der Waals surface area contributed by atoms with Crippen molar-refractivity contribution in [2.45, 2.75) is 6.61 Å². The number of nitrogens with zero attached hydrogens (tertiary/aromatic N) is 1. The third-order valence-electron chi connectivity index (χ3n) is 3.35. The smallest absolute Gasteiger partial charge is 0.262 e. The zero-order chi connectivity index (χ0) is 15.0. The monoisotopic (exact) mass is 319 g/mol. The number of aromatic nitrogens is 1. The van der Waals surface area contributed by atoms with Gasteiger partial charge in [-0.25, -0.2) is 0 Å². The van der Waals surface area contributed by atoms with Gasteiger partial charge in [0.2, 0.25) is 0 Å². The molecule has 21 heavy (non-hydrogen) atoms. The fraction of sp³-hybridized carbons (Fsp3) is 0.0625. The molecule has 3 rings (SSSR count). The molecule has 0 saturated heterocycles. The summed E-state index contributed by atoms with van der Waals surface area (Å²) in [5.74, 6) is -0.218. The first-order valence-corrected chi connectivity index (χ1v) is 7.07. The molecule has 5 heteroatoms. The van der Waals surface area contributed by atoms with E-state index in [-0.39, 0.29) is 12.5 Å². The molecule has 3 aromatic rings. The van der Waals surface area contributed by atoms with Gasteiger partial charge in [0.05, 0.1) is 22.2 Å². The van der Waals surface area contributed by atoms with E-state index in [9.17, 15) is 9.90 Å². The molecule has 1 N–H and O–H groups in total. The first-order valence-electron chi connectivity index (χ1n) is 6.31. The van der Waals surface area contributed by atoms with Gasteiger partial charge in [-0.15, -0.1) is 0 Å². The normalized spacial score (nSPS) is 11.0. The molecule has 106 valence electrons. The summed E-state index contributed by atoms with van der Waals surface area (Å²) in [6.07, 6.45) is 1.65. The Labute approximate surface area is 131 Å². The molecule has 0 aliphatic carbocycles. The SMILES string of the molecule is O=C(c1ccc(Cl)c(Cl)c1)n1cc(CO)c2ccccc21. The summed E-state index contributed by atoms with van der Waals surface area (Å²) in [7, 11) is 0. The zero-order valence-electron chi connectivity index (χ0n) is 10.9. The van der Waals surface area contributed by atoms with E-state index in [1.165, 1.54) is 4.57 Å². The Bertz CT molecular complexity index is 839. The third kappa shape index (κ3) is 2.44. The standard InChI is InChI=1S/C16H11Cl2NO2/c17-13-6-5-10(7-14(13)18)16(21)19-8-11(9-20)12-3-1-2-4-15(12)19/h1-8,20H,9H2. The second-order valence-electron chi connectivity index (χ2n) is 4.63. The molecular weight excluding hydrogens is 309 g/mol. The van der Waals surface area contributed by atoms with Gasteiger partial charge < -0.3 is 5.11 Å². The van der Waals surface area contributed by atoms with Gasteiger partial charge in [0.1, 0.15) is 0 Å². The predicted octanol–water partition coefficient (Wildman–Crippen LogP) is 4.13. The van der Waals surface area contributed by atoms with Crippen LogP contribution in [0.4, 0.5) is 0 Å². The van der Waals surface area contributed by atoms with E-state index in [0.717, 1.165) is 10.9 Å². The van der Waals surface area contributed by atoms with Crippen LogP contribution in [0.3, 0.4) is 0 Å². The number of benzene rings is 2. The van der Waals surface area contributed by atoms with Crippen molar-refractivity contribution in [3.63, 3.8) is 0 Å². The average Bonchev–Trinajstić information content (AvgIpc) is 2.88. The Hall–Kier alpha value is -1.81. The molecule has 0 spiro atoms. The number of hydrogen-bond acceptors (Lipinski definition) is 2. The minimum absolute atomic E-state index is 0.123. The minimum atomic E-state index is -0.218. The van der Waals surface area contributed by atoms with Crippen LogP contribution in [-0.4, -0.2) is 15.6 Å². The lowest BCUT2D eigenvalue weighted by Gasteiger charge is -2.05. The molecule has 0 fully saturated rings. The highest BCUT2D eigenvalue weighted by atomic mass is 35.5. The number of fused-ring (bicyclic) bond motifs is 1. The molecule has 0 aliphatic rings. The molecule has 0 atom stereocenters. The van der Waals surface area contributed by atoms with Crippen LogP contribution in [0.25, 0.3) is 10.9 Å². The molecule has 0 bridgehead atoms. The summed E-state index contributed by atoms with van der Waals surface area (Å²) in [6.45, 7) is -0.123. The van der Waals surface area contributed by atoms with Crippen molar-refractivity contribution in [1.82, 2.24) is 4.57 Å². The second-order valence-corrected chi connectivity index (χ2v) is 5.45. The van der Waals surface area contributed by atoms with Crippen LogP contribution in [-0.2, 0) is 6.61 Å². The zero-order valence-corrected chi connectivity index (χ0v) is 12.4. The number of hydrogen-bond donors (Lipinski definition) is 1. The molecule has 0 amide bonds. The number of aliphatic hydroxyl groups excluding tert-OH is 1. The van der Waals surface area contributed by atoms with Crippen molar-refractivity contribution in [2.75, 3.05) is 0 Å². The first-order chi connectivity index (χ1) is 10.1. The van der Waals surface area contributed by atoms with Crippen molar-refractivity contribution in [2.24, 2.45) is 0 Å². The van der Waals surface area contributed by atoms with Crippen LogP contribution in [0.1, 0.15) is 15.9 Å². The van der Waals surface area contributed by atoms with E-state index in [1.807, 2.05) is 24.3 Å². The molecule has 0 aliphatic heterocycles. The fourth-order valence-corrected chi connectivity index (χ4v) is 2.61. The van der Waals surface area contributed by atoms with E-state index in [4.69, 9.17) is 23.2 Å². The Kier molecular flexibility index (Phi) is 3.72. The van der Waals surface area contributed by atoms with Crippen molar-refractivity contribution >= 4 is 40.0 Å². The molecule has 0 radical (unpaired) electrons. The third-order valence-corrected chi connectivity index (χ3v) is 4.09. The maximum absolute atomic E-state index is 12.6. The van der Waals surface area contributed by atoms with Gasteiger partial charge in [0.15, 0.2) is 0 Å². The van der Waals surface area contributed by atoms with Gasteiger partial charge in [0, 0.05) is 22.7 Å². The number of aliphatic hydroxyl groups is 1. The minimum Gasteiger partial charge on any atom is -0.392 e. The highest BCUT2D eigenvalue weighted by Gasteiger charge is 2.15. The van der Waals surface area contributed by atoms with Crippen LogP contribution < -0.4 is 0 Å². The van der Waals surface area contributed by atoms with E-state index >= 15 is 0 Å². The van der Waals surface area contributed by atoms with Crippen molar-refractivity contribution in [3.05, 3.63) is 69.8 Å².